The first-order valence-electron chi connectivity index (χ1n) is 9.49. The van der Waals surface area contributed by atoms with Gasteiger partial charge in [0.15, 0.2) is 0 Å². The van der Waals surface area contributed by atoms with Crippen molar-refractivity contribution >= 4 is 20.9 Å². The van der Waals surface area contributed by atoms with Gasteiger partial charge in [-0.15, -0.1) is 0 Å². The molecule has 138 valence electrons. The van der Waals surface area contributed by atoms with Gasteiger partial charge in [0.2, 0.25) is 0 Å². The zero-order valence-electron chi connectivity index (χ0n) is 16.2. The maximum absolute atomic E-state index is 11.1. The summed E-state index contributed by atoms with van der Waals surface area (Å²) in [6.45, 7) is 2.25. The summed E-state index contributed by atoms with van der Waals surface area (Å²) in [5, 5.41) is 1.79. The van der Waals surface area contributed by atoms with Gasteiger partial charge >= 0.3 is 29.6 Å². The van der Waals surface area contributed by atoms with Crippen LogP contribution >= 0.6 is 0 Å². The molecular weight excluding hydrogens is 355 g/mol. The summed E-state index contributed by atoms with van der Waals surface area (Å²) < 4.78 is 33.3. The first kappa shape index (κ1) is 23.6. The fourth-order valence-corrected chi connectivity index (χ4v) is 3.73. The van der Waals surface area contributed by atoms with Gasteiger partial charge in [-0.3, -0.25) is 0 Å². The molecule has 3 nitrogen and oxygen atoms in total. The maximum Gasteiger partial charge on any atom is 1.00 e. The molecule has 0 aromatic heterocycles. The van der Waals surface area contributed by atoms with Crippen molar-refractivity contribution in [1.29, 1.82) is 0 Å². The molecule has 0 heterocycles. The second-order valence-electron chi connectivity index (χ2n) is 6.88. The summed E-state index contributed by atoms with van der Waals surface area (Å²) in [6.07, 6.45) is 12.9. The van der Waals surface area contributed by atoms with Crippen LogP contribution in [0.5, 0.6) is 0 Å². The Labute approximate surface area is 180 Å². The molecule has 2 aromatic carbocycles. The summed E-state index contributed by atoms with van der Waals surface area (Å²) in [7, 11) is -4.39. The van der Waals surface area contributed by atoms with E-state index < -0.39 is 10.1 Å². The van der Waals surface area contributed by atoms with E-state index in [1.807, 2.05) is 12.1 Å². The molecule has 0 aliphatic rings. The van der Waals surface area contributed by atoms with E-state index >= 15 is 0 Å². The van der Waals surface area contributed by atoms with Crippen molar-refractivity contribution in [2.75, 3.05) is 0 Å². The van der Waals surface area contributed by atoms with Crippen LogP contribution in [0.15, 0.2) is 41.3 Å². The fraction of sp³-hybridized carbons (Fsp3) is 0.524. The normalized spacial score (nSPS) is 11.5. The third kappa shape index (κ3) is 8.10. The molecule has 0 spiro atoms. The van der Waals surface area contributed by atoms with Gasteiger partial charge in [-0.1, -0.05) is 82.6 Å². The SMILES string of the molecule is CCCCCCCCCCCc1ccc2cc(S(=O)(=O)[O-])ccc2c1.[Na+]. The standard InChI is InChI=1S/C21H30O3S.Na/c1-2-3-4-5-6-7-8-9-10-11-18-12-13-20-17-21(25(22,23)24)15-14-19(20)16-18;/h12-17H,2-11H2,1H3,(H,22,23,24);/q;+1/p-1. The Morgan fingerprint density at radius 1 is 0.769 bits per heavy atom. The van der Waals surface area contributed by atoms with E-state index in [0.717, 1.165) is 17.2 Å². The van der Waals surface area contributed by atoms with Crippen LogP contribution in [0.25, 0.3) is 10.8 Å². The Morgan fingerprint density at radius 3 is 1.92 bits per heavy atom. The molecule has 5 heteroatoms. The van der Waals surface area contributed by atoms with Crippen LogP contribution in [0.1, 0.15) is 70.3 Å². The summed E-state index contributed by atoms with van der Waals surface area (Å²) in [5.41, 5.74) is 1.27. The Morgan fingerprint density at radius 2 is 1.31 bits per heavy atom. The van der Waals surface area contributed by atoms with Crippen LogP contribution in [0.2, 0.25) is 0 Å². The van der Waals surface area contributed by atoms with Gasteiger partial charge in [-0.2, -0.15) is 0 Å². The molecule has 0 saturated heterocycles. The minimum Gasteiger partial charge on any atom is -0.744 e. The average Bonchev–Trinajstić information content (AvgIpc) is 2.59. The van der Waals surface area contributed by atoms with Crippen molar-refractivity contribution in [3.63, 3.8) is 0 Å². The second-order valence-corrected chi connectivity index (χ2v) is 8.26. The van der Waals surface area contributed by atoms with E-state index in [9.17, 15) is 13.0 Å². The van der Waals surface area contributed by atoms with Crippen molar-refractivity contribution in [2.45, 2.75) is 76.0 Å². The topological polar surface area (TPSA) is 57.2 Å². The summed E-state index contributed by atoms with van der Waals surface area (Å²) in [5.74, 6) is 0. The van der Waals surface area contributed by atoms with Crippen molar-refractivity contribution in [1.82, 2.24) is 0 Å². The zero-order valence-corrected chi connectivity index (χ0v) is 19.0. The minimum absolute atomic E-state index is 0. The van der Waals surface area contributed by atoms with Crippen molar-refractivity contribution < 1.29 is 42.5 Å². The van der Waals surface area contributed by atoms with Crippen LogP contribution in [0.4, 0.5) is 0 Å². The van der Waals surface area contributed by atoms with E-state index in [4.69, 9.17) is 0 Å². The summed E-state index contributed by atoms with van der Waals surface area (Å²) in [4.78, 5) is -0.160. The first-order valence-corrected chi connectivity index (χ1v) is 10.9. The number of hydrogen-bond acceptors (Lipinski definition) is 3. The van der Waals surface area contributed by atoms with Gasteiger partial charge in [0.05, 0.1) is 4.90 Å². The molecule has 0 amide bonds. The van der Waals surface area contributed by atoms with Crippen LogP contribution in [-0.4, -0.2) is 13.0 Å². The molecule has 0 unspecified atom stereocenters. The Bertz CT molecular complexity index is 772. The molecule has 0 N–H and O–H groups in total. The molecule has 0 aliphatic heterocycles. The van der Waals surface area contributed by atoms with E-state index in [2.05, 4.69) is 13.0 Å². The van der Waals surface area contributed by atoms with Gasteiger partial charge in [0, 0.05) is 0 Å². The van der Waals surface area contributed by atoms with Gasteiger partial charge in [0.1, 0.15) is 10.1 Å². The molecule has 2 aromatic rings. The van der Waals surface area contributed by atoms with Crippen LogP contribution in [0.3, 0.4) is 0 Å². The summed E-state index contributed by atoms with van der Waals surface area (Å²) in [6, 6.07) is 10.6. The Balaban J connectivity index is 0.00000338. The second kappa shape index (κ2) is 12.1. The van der Waals surface area contributed by atoms with Gasteiger partial charge in [0.25, 0.3) is 0 Å². The quantitative estimate of drug-likeness (QED) is 0.340. The summed E-state index contributed by atoms with van der Waals surface area (Å²) >= 11 is 0. The molecular formula is C21H29NaO3S. The van der Waals surface area contributed by atoms with Gasteiger partial charge < -0.3 is 4.55 Å². The molecule has 0 saturated carbocycles. The van der Waals surface area contributed by atoms with Gasteiger partial charge in [-0.25, -0.2) is 8.42 Å². The molecule has 0 atom stereocenters. The number of hydrogen-bond donors (Lipinski definition) is 0. The van der Waals surface area contributed by atoms with Crippen LogP contribution < -0.4 is 29.6 Å². The smallest absolute Gasteiger partial charge is 0.744 e. The maximum atomic E-state index is 11.1. The van der Waals surface area contributed by atoms with Crippen molar-refractivity contribution in [3.05, 3.63) is 42.0 Å². The predicted octanol–water partition coefficient (Wildman–Crippen LogP) is 2.82. The molecule has 2 rings (SSSR count). The number of fused-ring (bicyclic) bond motifs is 1. The van der Waals surface area contributed by atoms with E-state index in [0.29, 0.717) is 0 Å². The van der Waals surface area contributed by atoms with Crippen LogP contribution in [-0.2, 0) is 16.5 Å². The van der Waals surface area contributed by atoms with Crippen molar-refractivity contribution in [3.8, 4) is 0 Å². The molecule has 0 aliphatic carbocycles. The number of unbranched alkanes of at least 4 members (excludes halogenated alkanes) is 8. The van der Waals surface area contributed by atoms with Crippen LogP contribution in [0, 0.1) is 0 Å². The largest absolute Gasteiger partial charge is 1.00 e. The van der Waals surface area contributed by atoms with Gasteiger partial charge in [-0.05, 0) is 41.3 Å². The van der Waals surface area contributed by atoms with Crippen molar-refractivity contribution in [2.24, 2.45) is 0 Å². The number of aryl methyl sites for hydroxylation is 1. The minimum atomic E-state index is -4.39. The molecule has 0 fully saturated rings. The van der Waals surface area contributed by atoms with E-state index in [1.165, 1.54) is 75.5 Å². The Hall–Kier alpha value is -0.390. The first-order chi connectivity index (χ1) is 12.0. The zero-order chi connectivity index (χ0) is 18.1. The van der Waals surface area contributed by atoms with E-state index in [-0.39, 0.29) is 34.5 Å². The number of rotatable bonds is 11. The monoisotopic (exact) mass is 384 g/mol. The third-order valence-electron chi connectivity index (χ3n) is 4.73. The average molecular weight is 385 g/mol. The Kier molecular flexibility index (Phi) is 11.0. The third-order valence-corrected chi connectivity index (χ3v) is 5.57. The fourth-order valence-electron chi connectivity index (χ4n) is 3.22. The predicted molar refractivity (Wildman–Crippen MR) is 103 cm³/mol. The molecule has 26 heavy (non-hydrogen) atoms. The van der Waals surface area contributed by atoms with E-state index in [1.54, 1.807) is 6.07 Å². The molecule has 0 radical (unpaired) electrons. The molecule has 0 bridgehead atoms. The number of benzene rings is 2.